The quantitative estimate of drug-likeness (QED) is 0.158. The fourth-order valence-electron chi connectivity index (χ4n) is 3.05. The summed E-state index contributed by atoms with van der Waals surface area (Å²) in [5.74, 6) is 0.0968. The van der Waals surface area contributed by atoms with Crippen LogP contribution in [-0.2, 0) is 4.79 Å². The summed E-state index contributed by atoms with van der Waals surface area (Å²) in [6, 6.07) is 21.0. The number of thioether (sulfide) groups is 1. The van der Waals surface area contributed by atoms with Gasteiger partial charge < -0.3 is 16.0 Å². The number of carbonyl (C=O) groups is 1. The van der Waals surface area contributed by atoms with Gasteiger partial charge in [-0.3, -0.25) is 4.79 Å². The number of anilines is 3. The molecule has 0 bridgehead atoms. The minimum atomic E-state index is -0.145. The zero-order chi connectivity index (χ0) is 24.8. The van der Waals surface area contributed by atoms with Crippen molar-refractivity contribution in [3.8, 4) is 11.3 Å². The fourth-order valence-corrected chi connectivity index (χ4v) is 5.27. The molecule has 0 saturated carbocycles. The molecular formula is C25H20Cl2N4OS3. The summed E-state index contributed by atoms with van der Waals surface area (Å²) >= 11 is 20.4. The summed E-state index contributed by atoms with van der Waals surface area (Å²) in [4.78, 5) is 17.9. The maximum absolute atomic E-state index is 12.5. The van der Waals surface area contributed by atoms with E-state index in [4.69, 9.17) is 35.4 Å². The van der Waals surface area contributed by atoms with Crippen molar-refractivity contribution in [2.75, 3.05) is 21.7 Å². The first-order valence-electron chi connectivity index (χ1n) is 10.4. The van der Waals surface area contributed by atoms with Crippen LogP contribution in [0.15, 0.2) is 77.0 Å². The van der Waals surface area contributed by atoms with Crippen molar-refractivity contribution in [1.82, 2.24) is 4.98 Å². The lowest BCUT2D eigenvalue weighted by atomic mass is 10.2. The third kappa shape index (κ3) is 7.43. The molecule has 1 heterocycles. The molecule has 0 aliphatic rings. The molecule has 1 aromatic heterocycles. The number of aromatic nitrogens is 1. The third-order valence-electron chi connectivity index (χ3n) is 4.73. The second kappa shape index (κ2) is 11.9. The molecule has 3 aromatic carbocycles. The monoisotopic (exact) mass is 558 g/mol. The van der Waals surface area contributed by atoms with Gasteiger partial charge in [0, 0.05) is 32.2 Å². The molecule has 0 aliphatic heterocycles. The lowest BCUT2D eigenvalue weighted by molar-refractivity contribution is -0.113. The Morgan fingerprint density at radius 2 is 1.77 bits per heavy atom. The molecule has 1 amide bonds. The van der Waals surface area contributed by atoms with E-state index in [2.05, 4.69) is 20.9 Å². The number of hydrogen-bond donors (Lipinski definition) is 3. The van der Waals surface area contributed by atoms with Crippen LogP contribution in [0.2, 0.25) is 10.0 Å². The smallest absolute Gasteiger partial charge is 0.236 e. The van der Waals surface area contributed by atoms with Crippen molar-refractivity contribution >= 4 is 86.0 Å². The second-order valence-electron chi connectivity index (χ2n) is 7.47. The maximum Gasteiger partial charge on any atom is 0.236 e. The van der Waals surface area contributed by atoms with E-state index in [1.165, 1.54) is 28.7 Å². The first-order chi connectivity index (χ1) is 16.9. The predicted molar refractivity (Wildman–Crippen MR) is 154 cm³/mol. The first-order valence-corrected chi connectivity index (χ1v) is 13.5. The molecular weight excluding hydrogens is 539 g/mol. The van der Waals surface area contributed by atoms with Crippen LogP contribution in [0.25, 0.3) is 11.3 Å². The lowest BCUT2D eigenvalue weighted by Gasteiger charge is -2.11. The van der Waals surface area contributed by atoms with Crippen LogP contribution in [0.4, 0.5) is 16.5 Å². The highest BCUT2D eigenvalue weighted by Gasteiger charge is 2.11. The minimum absolute atomic E-state index is 0.145. The van der Waals surface area contributed by atoms with Gasteiger partial charge in [-0.2, -0.15) is 0 Å². The zero-order valence-electron chi connectivity index (χ0n) is 18.5. The second-order valence-corrected chi connectivity index (χ2v) is 10.6. The number of rotatable bonds is 7. The number of hydrogen-bond acceptors (Lipinski definition) is 5. The number of thiazole rings is 1. The molecule has 0 atom stereocenters. The molecule has 0 spiro atoms. The molecule has 0 unspecified atom stereocenters. The minimum Gasteiger partial charge on any atom is -0.332 e. The molecule has 0 radical (unpaired) electrons. The summed E-state index contributed by atoms with van der Waals surface area (Å²) in [7, 11) is 0. The molecule has 4 rings (SSSR count). The zero-order valence-corrected chi connectivity index (χ0v) is 22.4. The van der Waals surface area contributed by atoms with Crippen molar-refractivity contribution in [3.63, 3.8) is 0 Å². The molecule has 10 heteroatoms. The Labute approximate surface area is 227 Å². The average molecular weight is 560 g/mol. The number of nitrogens with one attached hydrogen (secondary N) is 3. The van der Waals surface area contributed by atoms with E-state index in [-0.39, 0.29) is 11.7 Å². The van der Waals surface area contributed by atoms with Crippen LogP contribution in [0.1, 0.15) is 5.56 Å². The fraction of sp³-hybridized carbons (Fsp3) is 0.0800. The largest absolute Gasteiger partial charge is 0.332 e. The van der Waals surface area contributed by atoms with Crippen molar-refractivity contribution < 1.29 is 4.79 Å². The molecule has 0 fully saturated rings. The number of benzene rings is 3. The Morgan fingerprint density at radius 3 is 2.54 bits per heavy atom. The Balaban J connectivity index is 1.29. The molecule has 0 aliphatic carbocycles. The van der Waals surface area contributed by atoms with Gasteiger partial charge in [0.2, 0.25) is 5.91 Å². The molecule has 4 aromatic rings. The van der Waals surface area contributed by atoms with Crippen LogP contribution in [-0.4, -0.2) is 21.8 Å². The van der Waals surface area contributed by atoms with Crippen LogP contribution in [0.3, 0.4) is 0 Å². The molecule has 0 saturated heterocycles. The SMILES string of the molecule is Cc1ccc(NC(=S)Nc2cccc(SCC(=O)Nc3nc(-c4ccc(Cl)cc4Cl)cs3)c2)cc1. The van der Waals surface area contributed by atoms with Crippen LogP contribution in [0, 0.1) is 6.92 Å². The van der Waals surface area contributed by atoms with Gasteiger partial charge in [-0.15, -0.1) is 23.1 Å². The normalized spacial score (nSPS) is 10.6. The Bertz CT molecular complexity index is 1360. The Hall–Kier alpha value is -2.62. The highest BCUT2D eigenvalue weighted by Crippen LogP contribution is 2.32. The topological polar surface area (TPSA) is 66.0 Å². The summed E-state index contributed by atoms with van der Waals surface area (Å²) in [6.07, 6.45) is 0. The molecule has 3 N–H and O–H groups in total. The molecule has 178 valence electrons. The Morgan fingerprint density at radius 1 is 1.00 bits per heavy atom. The molecule has 5 nitrogen and oxygen atoms in total. The van der Waals surface area contributed by atoms with Gasteiger partial charge in [0.25, 0.3) is 0 Å². The van der Waals surface area contributed by atoms with E-state index in [0.29, 0.717) is 26.0 Å². The van der Waals surface area contributed by atoms with Crippen LogP contribution in [0.5, 0.6) is 0 Å². The van der Waals surface area contributed by atoms with E-state index in [0.717, 1.165) is 21.8 Å². The number of nitrogens with zero attached hydrogens (tertiary/aromatic N) is 1. The van der Waals surface area contributed by atoms with Gasteiger partial charge >= 0.3 is 0 Å². The Kier molecular flexibility index (Phi) is 8.64. The van der Waals surface area contributed by atoms with Gasteiger partial charge in [0.1, 0.15) is 0 Å². The van der Waals surface area contributed by atoms with Gasteiger partial charge in [0.15, 0.2) is 10.2 Å². The summed E-state index contributed by atoms with van der Waals surface area (Å²) in [5.41, 5.74) is 4.39. The van der Waals surface area contributed by atoms with E-state index in [1.54, 1.807) is 12.1 Å². The van der Waals surface area contributed by atoms with E-state index < -0.39 is 0 Å². The summed E-state index contributed by atoms with van der Waals surface area (Å²) in [6.45, 7) is 2.04. The van der Waals surface area contributed by atoms with Crippen molar-refractivity contribution in [1.29, 1.82) is 0 Å². The van der Waals surface area contributed by atoms with Gasteiger partial charge in [0.05, 0.1) is 16.5 Å². The van der Waals surface area contributed by atoms with Crippen LogP contribution < -0.4 is 16.0 Å². The predicted octanol–water partition coefficient (Wildman–Crippen LogP) is 7.97. The molecule has 35 heavy (non-hydrogen) atoms. The van der Waals surface area contributed by atoms with E-state index >= 15 is 0 Å². The van der Waals surface area contributed by atoms with Crippen molar-refractivity contribution in [3.05, 3.63) is 87.7 Å². The van der Waals surface area contributed by atoms with Crippen molar-refractivity contribution in [2.24, 2.45) is 0 Å². The highest BCUT2D eigenvalue weighted by molar-refractivity contribution is 8.00. The highest BCUT2D eigenvalue weighted by atomic mass is 35.5. The van der Waals surface area contributed by atoms with E-state index in [1.807, 2.05) is 66.9 Å². The number of carbonyl (C=O) groups excluding carboxylic acids is 1. The summed E-state index contributed by atoms with van der Waals surface area (Å²) in [5, 5.41) is 13.1. The first kappa shape index (κ1) is 25.5. The average Bonchev–Trinajstić information content (AvgIpc) is 3.27. The third-order valence-corrected chi connectivity index (χ3v) is 7.23. The van der Waals surface area contributed by atoms with E-state index in [9.17, 15) is 4.79 Å². The van der Waals surface area contributed by atoms with Crippen molar-refractivity contribution in [2.45, 2.75) is 11.8 Å². The van der Waals surface area contributed by atoms with Gasteiger partial charge in [-0.1, -0.05) is 47.0 Å². The van der Waals surface area contributed by atoms with Gasteiger partial charge in [-0.25, -0.2) is 4.98 Å². The summed E-state index contributed by atoms with van der Waals surface area (Å²) < 4.78 is 0. The number of aryl methyl sites for hydroxylation is 1. The van der Waals surface area contributed by atoms with Gasteiger partial charge in [-0.05, 0) is 67.7 Å². The maximum atomic E-state index is 12.5. The van der Waals surface area contributed by atoms with Crippen LogP contribution >= 0.6 is 58.5 Å². The number of halogens is 2. The lowest BCUT2D eigenvalue weighted by Crippen LogP contribution is -2.19. The standard InChI is InChI=1S/C25H20Cl2N4OS3/c1-15-5-8-17(9-6-15)28-24(33)29-18-3-2-4-19(12-18)34-14-23(32)31-25-30-22(13-35-25)20-10-7-16(26)11-21(20)27/h2-13H,14H2,1H3,(H2,28,29,33)(H,30,31,32). The number of thiocarbonyl (C=S) groups is 1. The number of amides is 1.